The van der Waals surface area contributed by atoms with Gasteiger partial charge < -0.3 is 10.1 Å². The molecule has 0 amide bonds. The lowest BCUT2D eigenvalue weighted by atomic mass is 10.1. The van der Waals surface area contributed by atoms with Crippen molar-refractivity contribution in [2.75, 3.05) is 12.4 Å². The summed E-state index contributed by atoms with van der Waals surface area (Å²) in [5.74, 6) is -2.80. The maximum Gasteiger partial charge on any atom is 0.455 e. The van der Waals surface area contributed by atoms with Crippen LogP contribution < -0.4 is 10.1 Å². The van der Waals surface area contributed by atoms with Gasteiger partial charge in [0.25, 0.3) is 5.78 Å². The molecular weight excluding hydrogens is 314 g/mol. The van der Waals surface area contributed by atoms with Crippen LogP contribution in [0.25, 0.3) is 0 Å². The Hall–Kier alpha value is -2.57. The SMILES string of the molecule is COc1ccc(CNc2cccc(F)c2C(=O)C(F)(F)F)cc1. The van der Waals surface area contributed by atoms with Gasteiger partial charge in [0.1, 0.15) is 11.6 Å². The second kappa shape index (κ2) is 6.68. The van der Waals surface area contributed by atoms with Crippen molar-refractivity contribution in [1.82, 2.24) is 0 Å². The molecule has 23 heavy (non-hydrogen) atoms. The molecule has 122 valence electrons. The molecule has 0 bridgehead atoms. The number of methoxy groups -OCH3 is 1. The van der Waals surface area contributed by atoms with E-state index < -0.39 is 23.3 Å². The Bertz CT molecular complexity index is 696. The van der Waals surface area contributed by atoms with Crippen LogP contribution in [0, 0.1) is 5.82 Å². The number of Topliss-reactive ketones (excluding diaryl/α,β-unsaturated/α-hetero) is 1. The first-order chi connectivity index (χ1) is 10.8. The molecule has 2 aromatic rings. The zero-order chi connectivity index (χ0) is 17.0. The number of carbonyl (C=O) groups is 1. The van der Waals surface area contributed by atoms with Gasteiger partial charge in [0, 0.05) is 12.2 Å². The van der Waals surface area contributed by atoms with Crippen LogP contribution in [0.15, 0.2) is 42.5 Å². The summed E-state index contributed by atoms with van der Waals surface area (Å²) in [6.07, 6.45) is -5.14. The van der Waals surface area contributed by atoms with E-state index >= 15 is 0 Å². The number of alkyl halides is 3. The van der Waals surface area contributed by atoms with Crippen LogP contribution in [0.2, 0.25) is 0 Å². The summed E-state index contributed by atoms with van der Waals surface area (Å²) in [4.78, 5) is 11.4. The molecule has 2 rings (SSSR count). The van der Waals surface area contributed by atoms with Gasteiger partial charge in [0.15, 0.2) is 0 Å². The average Bonchev–Trinajstić information content (AvgIpc) is 2.52. The fourth-order valence-corrected chi connectivity index (χ4v) is 1.98. The Balaban J connectivity index is 2.22. The summed E-state index contributed by atoms with van der Waals surface area (Å²) < 4.78 is 56.4. The lowest BCUT2D eigenvalue weighted by molar-refractivity contribution is -0.0887. The molecule has 0 radical (unpaired) electrons. The Morgan fingerprint density at radius 1 is 1.13 bits per heavy atom. The largest absolute Gasteiger partial charge is 0.497 e. The molecule has 0 aliphatic rings. The summed E-state index contributed by atoms with van der Waals surface area (Å²) in [6.45, 7) is 0.131. The topological polar surface area (TPSA) is 38.3 Å². The zero-order valence-corrected chi connectivity index (χ0v) is 12.1. The normalized spacial score (nSPS) is 11.2. The molecule has 2 aromatic carbocycles. The Morgan fingerprint density at radius 2 is 1.78 bits per heavy atom. The second-order valence-electron chi connectivity index (χ2n) is 4.69. The minimum Gasteiger partial charge on any atom is -0.497 e. The Kier molecular flexibility index (Phi) is 4.88. The summed E-state index contributed by atoms with van der Waals surface area (Å²) in [6, 6.07) is 10.1. The molecular formula is C16H13F4NO2. The van der Waals surface area contributed by atoms with E-state index in [0.717, 1.165) is 11.6 Å². The zero-order valence-electron chi connectivity index (χ0n) is 12.1. The molecule has 1 N–H and O–H groups in total. The van der Waals surface area contributed by atoms with Crippen molar-refractivity contribution in [3.8, 4) is 5.75 Å². The number of hydrogen-bond donors (Lipinski definition) is 1. The van der Waals surface area contributed by atoms with Crippen LogP contribution in [0.4, 0.5) is 23.2 Å². The van der Waals surface area contributed by atoms with Crippen LogP contribution in [0.1, 0.15) is 15.9 Å². The van der Waals surface area contributed by atoms with E-state index in [1.54, 1.807) is 24.3 Å². The van der Waals surface area contributed by atoms with Gasteiger partial charge in [-0.1, -0.05) is 18.2 Å². The van der Waals surface area contributed by atoms with Gasteiger partial charge in [-0.15, -0.1) is 0 Å². The van der Waals surface area contributed by atoms with Crippen LogP contribution in [-0.4, -0.2) is 19.1 Å². The van der Waals surface area contributed by atoms with Gasteiger partial charge in [-0.25, -0.2) is 4.39 Å². The van der Waals surface area contributed by atoms with E-state index in [-0.39, 0.29) is 12.2 Å². The smallest absolute Gasteiger partial charge is 0.455 e. The predicted octanol–water partition coefficient (Wildman–Crippen LogP) is 4.19. The average molecular weight is 327 g/mol. The molecule has 0 saturated carbocycles. The predicted molar refractivity (Wildman–Crippen MR) is 77.1 cm³/mol. The maximum atomic E-state index is 13.7. The molecule has 0 aliphatic heterocycles. The third-order valence-corrected chi connectivity index (χ3v) is 3.14. The fourth-order valence-electron chi connectivity index (χ4n) is 1.98. The quantitative estimate of drug-likeness (QED) is 0.661. The fraction of sp³-hybridized carbons (Fsp3) is 0.188. The maximum absolute atomic E-state index is 13.7. The molecule has 0 saturated heterocycles. The molecule has 0 aromatic heterocycles. The number of ketones is 1. The number of nitrogens with one attached hydrogen (secondary N) is 1. The molecule has 0 aliphatic carbocycles. The Labute approximate surface area is 129 Å². The highest BCUT2D eigenvalue weighted by molar-refractivity contribution is 6.05. The third kappa shape index (κ3) is 4.00. The molecule has 0 fully saturated rings. The van der Waals surface area contributed by atoms with E-state index in [2.05, 4.69) is 5.32 Å². The van der Waals surface area contributed by atoms with E-state index in [0.29, 0.717) is 5.75 Å². The van der Waals surface area contributed by atoms with Gasteiger partial charge >= 0.3 is 6.18 Å². The minimum absolute atomic E-state index is 0.131. The first-order valence-corrected chi connectivity index (χ1v) is 6.59. The van der Waals surface area contributed by atoms with Crippen molar-refractivity contribution in [1.29, 1.82) is 0 Å². The van der Waals surface area contributed by atoms with Crippen LogP contribution in [-0.2, 0) is 6.54 Å². The number of benzene rings is 2. The number of carbonyl (C=O) groups excluding carboxylic acids is 1. The van der Waals surface area contributed by atoms with Gasteiger partial charge in [-0.05, 0) is 29.8 Å². The van der Waals surface area contributed by atoms with E-state index in [1.807, 2.05) is 0 Å². The van der Waals surface area contributed by atoms with Crippen molar-refractivity contribution < 1.29 is 27.1 Å². The lowest BCUT2D eigenvalue weighted by Crippen LogP contribution is -2.25. The number of hydrogen-bond acceptors (Lipinski definition) is 3. The number of halogens is 4. The highest BCUT2D eigenvalue weighted by atomic mass is 19.4. The van der Waals surface area contributed by atoms with Crippen molar-refractivity contribution in [3.05, 3.63) is 59.4 Å². The summed E-state index contributed by atoms with van der Waals surface area (Å²) in [5, 5.41) is 2.66. The highest BCUT2D eigenvalue weighted by Crippen LogP contribution is 2.28. The molecule has 0 spiro atoms. The van der Waals surface area contributed by atoms with Crippen molar-refractivity contribution in [2.45, 2.75) is 12.7 Å². The molecule has 0 heterocycles. The van der Waals surface area contributed by atoms with Gasteiger partial charge in [0.2, 0.25) is 0 Å². The van der Waals surface area contributed by atoms with Crippen molar-refractivity contribution in [3.63, 3.8) is 0 Å². The second-order valence-corrected chi connectivity index (χ2v) is 4.69. The summed E-state index contributed by atoms with van der Waals surface area (Å²) in [5.41, 5.74) is -0.475. The van der Waals surface area contributed by atoms with Crippen LogP contribution >= 0.6 is 0 Å². The number of anilines is 1. The van der Waals surface area contributed by atoms with Crippen molar-refractivity contribution in [2.24, 2.45) is 0 Å². The first-order valence-electron chi connectivity index (χ1n) is 6.59. The summed E-state index contributed by atoms with van der Waals surface area (Å²) in [7, 11) is 1.51. The third-order valence-electron chi connectivity index (χ3n) is 3.14. The van der Waals surface area contributed by atoms with E-state index in [4.69, 9.17) is 4.74 Å². The summed E-state index contributed by atoms with van der Waals surface area (Å²) >= 11 is 0. The lowest BCUT2D eigenvalue weighted by Gasteiger charge is -2.13. The standard InChI is InChI=1S/C16H13F4NO2/c1-23-11-7-5-10(6-8-11)9-21-13-4-2-3-12(17)14(13)15(22)16(18,19)20/h2-8,21H,9H2,1H3. The van der Waals surface area contributed by atoms with Crippen molar-refractivity contribution >= 4 is 11.5 Å². The molecule has 0 atom stereocenters. The number of ether oxygens (including phenoxy) is 1. The molecule has 0 unspecified atom stereocenters. The van der Waals surface area contributed by atoms with Gasteiger partial charge in [0.05, 0.1) is 12.7 Å². The first kappa shape index (κ1) is 16.8. The van der Waals surface area contributed by atoms with Gasteiger partial charge in [-0.2, -0.15) is 13.2 Å². The van der Waals surface area contributed by atoms with E-state index in [1.165, 1.54) is 19.2 Å². The van der Waals surface area contributed by atoms with Gasteiger partial charge in [-0.3, -0.25) is 4.79 Å². The minimum atomic E-state index is -5.14. The number of rotatable bonds is 5. The highest BCUT2D eigenvalue weighted by Gasteiger charge is 2.42. The monoisotopic (exact) mass is 327 g/mol. The molecule has 3 nitrogen and oxygen atoms in total. The van der Waals surface area contributed by atoms with Crippen LogP contribution in [0.3, 0.4) is 0 Å². The van der Waals surface area contributed by atoms with E-state index in [9.17, 15) is 22.4 Å². The Morgan fingerprint density at radius 3 is 2.35 bits per heavy atom. The van der Waals surface area contributed by atoms with Crippen LogP contribution in [0.5, 0.6) is 5.75 Å². The molecule has 7 heteroatoms.